The van der Waals surface area contributed by atoms with Crippen LogP contribution in [0.2, 0.25) is 0 Å². The third-order valence-electron chi connectivity index (χ3n) is 3.91. The minimum absolute atomic E-state index is 0.177. The molecular formula is C20H21NO3S. The average Bonchev–Trinajstić information content (AvgIpc) is 2.61. The van der Waals surface area contributed by atoms with Gasteiger partial charge in [0.15, 0.2) is 5.75 Å². The first-order valence-electron chi connectivity index (χ1n) is 8.33. The van der Waals surface area contributed by atoms with Crippen molar-refractivity contribution >= 4 is 21.6 Å². The van der Waals surface area contributed by atoms with E-state index in [0.29, 0.717) is 29.6 Å². The number of aromatic amines is 1. The molecule has 4 nitrogen and oxygen atoms in total. The van der Waals surface area contributed by atoms with Crippen molar-refractivity contribution < 1.29 is 8.95 Å². The molecule has 2 aromatic carbocycles. The van der Waals surface area contributed by atoms with E-state index in [0.717, 1.165) is 22.8 Å². The van der Waals surface area contributed by atoms with Crippen LogP contribution in [0.25, 0.3) is 10.8 Å². The molecule has 1 aromatic heterocycles. The van der Waals surface area contributed by atoms with Crippen molar-refractivity contribution in [2.45, 2.75) is 24.9 Å². The SMILES string of the molecule is CCCOc1c[nH]c(CS(=O)Cc2cccc3ccccc23)cc1=O. The lowest BCUT2D eigenvalue weighted by molar-refractivity contribution is 0.313. The van der Waals surface area contributed by atoms with E-state index in [2.05, 4.69) is 4.98 Å². The van der Waals surface area contributed by atoms with Crippen molar-refractivity contribution in [2.24, 2.45) is 0 Å². The van der Waals surface area contributed by atoms with E-state index in [-0.39, 0.29) is 5.43 Å². The summed E-state index contributed by atoms with van der Waals surface area (Å²) < 4.78 is 17.9. The number of ether oxygens (including phenoxy) is 1. The summed E-state index contributed by atoms with van der Waals surface area (Å²) in [5, 5.41) is 2.26. The second-order valence-electron chi connectivity index (χ2n) is 5.90. The highest BCUT2D eigenvalue weighted by atomic mass is 32.2. The van der Waals surface area contributed by atoms with Crippen molar-refractivity contribution in [3.05, 3.63) is 76.2 Å². The smallest absolute Gasteiger partial charge is 0.223 e. The van der Waals surface area contributed by atoms with Gasteiger partial charge in [0.2, 0.25) is 5.43 Å². The maximum atomic E-state index is 12.6. The van der Waals surface area contributed by atoms with E-state index in [1.54, 1.807) is 6.20 Å². The largest absolute Gasteiger partial charge is 0.488 e. The molecule has 0 amide bonds. The van der Waals surface area contributed by atoms with Gasteiger partial charge in [-0.3, -0.25) is 9.00 Å². The van der Waals surface area contributed by atoms with Crippen molar-refractivity contribution in [1.29, 1.82) is 0 Å². The summed E-state index contributed by atoms with van der Waals surface area (Å²) in [5.74, 6) is 1.08. The molecule has 0 aliphatic heterocycles. The Balaban J connectivity index is 1.72. The van der Waals surface area contributed by atoms with Crippen LogP contribution in [0, 0.1) is 0 Å². The highest BCUT2D eigenvalue weighted by Crippen LogP contribution is 2.20. The molecule has 0 saturated carbocycles. The molecule has 0 aliphatic carbocycles. The predicted molar refractivity (Wildman–Crippen MR) is 102 cm³/mol. The fourth-order valence-corrected chi connectivity index (χ4v) is 3.94. The number of benzene rings is 2. The van der Waals surface area contributed by atoms with Gasteiger partial charge in [-0.2, -0.15) is 0 Å². The molecule has 0 radical (unpaired) electrons. The predicted octanol–water partition coefficient (Wildman–Crippen LogP) is 3.77. The van der Waals surface area contributed by atoms with E-state index in [1.165, 1.54) is 6.07 Å². The Morgan fingerprint density at radius 1 is 1.08 bits per heavy atom. The first kappa shape index (κ1) is 17.4. The number of hydrogen-bond donors (Lipinski definition) is 1. The first-order chi connectivity index (χ1) is 12.2. The molecule has 0 bridgehead atoms. The number of H-pyrrole nitrogens is 1. The van der Waals surface area contributed by atoms with Crippen molar-refractivity contribution in [1.82, 2.24) is 4.98 Å². The summed E-state index contributed by atoms with van der Waals surface area (Å²) >= 11 is 0. The molecular weight excluding hydrogens is 334 g/mol. The van der Waals surface area contributed by atoms with Gasteiger partial charge in [-0.05, 0) is 22.8 Å². The molecule has 1 heterocycles. The molecule has 0 aliphatic rings. The van der Waals surface area contributed by atoms with Gasteiger partial charge in [0.05, 0.1) is 12.4 Å². The topological polar surface area (TPSA) is 59.2 Å². The number of aromatic nitrogens is 1. The Hall–Kier alpha value is -2.40. The number of hydrogen-bond acceptors (Lipinski definition) is 3. The molecule has 0 spiro atoms. The van der Waals surface area contributed by atoms with E-state index < -0.39 is 10.8 Å². The monoisotopic (exact) mass is 355 g/mol. The Kier molecular flexibility index (Phi) is 5.66. The molecule has 1 atom stereocenters. The van der Waals surface area contributed by atoms with Crippen LogP contribution in [-0.4, -0.2) is 15.8 Å². The molecule has 3 rings (SSSR count). The summed E-state index contributed by atoms with van der Waals surface area (Å²) in [7, 11) is -1.11. The summed E-state index contributed by atoms with van der Waals surface area (Å²) in [6.07, 6.45) is 2.40. The normalized spacial score (nSPS) is 12.2. The van der Waals surface area contributed by atoms with Crippen LogP contribution in [0.15, 0.2) is 59.5 Å². The van der Waals surface area contributed by atoms with E-state index >= 15 is 0 Å². The highest BCUT2D eigenvalue weighted by molar-refractivity contribution is 7.83. The van der Waals surface area contributed by atoms with Gasteiger partial charge >= 0.3 is 0 Å². The molecule has 130 valence electrons. The molecule has 1 N–H and O–H groups in total. The van der Waals surface area contributed by atoms with Crippen LogP contribution in [0.5, 0.6) is 5.75 Å². The average molecular weight is 355 g/mol. The van der Waals surface area contributed by atoms with E-state index in [1.807, 2.05) is 49.4 Å². The molecule has 25 heavy (non-hydrogen) atoms. The molecule has 5 heteroatoms. The lowest BCUT2D eigenvalue weighted by atomic mass is 10.1. The van der Waals surface area contributed by atoms with Crippen LogP contribution in [-0.2, 0) is 22.3 Å². The minimum Gasteiger partial charge on any atom is -0.488 e. The van der Waals surface area contributed by atoms with Crippen LogP contribution in [0.3, 0.4) is 0 Å². The van der Waals surface area contributed by atoms with Gasteiger partial charge in [-0.15, -0.1) is 0 Å². The Bertz CT molecular complexity index is 944. The fraction of sp³-hybridized carbons (Fsp3) is 0.250. The zero-order valence-electron chi connectivity index (χ0n) is 14.2. The van der Waals surface area contributed by atoms with Gasteiger partial charge in [-0.1, -0.05) is 49.4 Å². The van der Waals surface area contributed by atoms with Crippen LogP contribution >= 0.6 is 0 Å². The second-order valence-corrected chi connectivity index (χ2v) is 7.36. The molecule has 3 aromatic rings. The third-order valence-corrected chi connectivity index (χ3v) is 5.18. The van der Waals surface area contributed by atoms with Gasteiger partial charge in [0.1, 0.15) is 0 Å². The maximum absolute atomic E-state index is 12.6. The summed E-state index contributed by atoms with van der Waals surface area (Å²) in [4.78, 5) is 15.0. The van der Waals surface area contributed by atoms with Crippen molar-refractivity contribution in [3.8, 4) is 5.75 Å². The fourth-order valence-electron chi connectivity index (χ4n) is 2.72. The van der Waals surface area contributed by atoms with E-state index in [9.17, 15) is 9.00 Å². The van der Waals surface area contributed by atoms with Crippen LogP contribution < -0.4 is 10.2 Å². The van der Waals surface area contributed by atoms with Crippen LogP contribution in [0.4, 0.5) is 0 Å². The first-order valence-corrected chi connectivity index (χ1v) is 9.82. The van der Waals surface area contributed by atoms with Gasteiger partial charge in [0.25, 0.3) is 0 Å². The molecule has 0 fully saturated rings. The molecule has 0 saturated heterocycles. The van der Waals surface area contributed by atoms with Crippen molar-refractivity contribution in [2.75, 3.05) is 6.61 Å². The Morgan fingerprint density at radius 3 is 2.68 bits per heavy atom. The van der Waals surface area contributed by atoms with Crippen molar-refractivity contribution in [3.63, 3.8) is 0 Å². The van der Waals surface area contributed by atoms with Gasteiger partial charge < -0.3 is 9.72 Å². The maximum Gasteiger partial charge on any atom is 0.223 e. The molecule has 1 unspecified atom stereocenters. The lowest BCUT2D eigenvalue weighted by Crippen LogP contribution is -2.11. The lowest BCUT2D eigenvalue weighted by Gasteiger charge is -2.08. The summed E-state index contributed by atoms with van der Waals surface area (Å²) in [6, 6.07) is 15.6. The Labute approximate surface area is 149 Å². The van der Waals surface area contributed by atoms with Crippen LogP contribution in [0.1, 0.15) is 24.6 Å². The second kappa shape index (κ2) is 8.12. The van der Waals surface area contributed by atoms with Gasteiger partial charge in [0, 0.05) is 34.5 Å². The van der Waals surface area contributed by atoms with Gasteiger partial charge in [-0.25, -0.2) is 0 Å². The van der Waals surface area contributed by atoms with E-state index in [4.69, 9.17) is 4.74 Å². The standard InChI is InChI=1S/C20H21NO3S/c1-2-10-24-20-12-21-17(11-19(20)22)14-25(23)13-16-8-5-7-15-6-3-4-9-18(15)16/h3-9,11-12H,2,10,13-14H2,1H3,(H,21,22). The number of rotatable bonds is 7. The number of fused-ring (bicyclic) bond motifs is 1. The Morgan fingerprint density at radius 2 is 1.88 bits per heavy atom. The highest BCUT2D eigenvalue weighted by Gasteiger charge is 2.09. The zero-order chi connectivity index (χ0) is 17.6. The number of pyridine rings is 1. The third kappa shape index (κ3) is 4.37. The quantitative estimate of drug-likeness (QED) is 0.702. The number of nitrogens with one attached hydrogen (secondary N) is 1. The summed E-state index contributed by atoms with van der Waals surface area (Å²) in [6.45, 7) is 2.49. The zero-order valence-corrected chi connectivity index (χ0v) is 15.0. The summed E-state index contributed by atoms with van der Waals surface area (Å²) in [5.41, 5.74) is 1.54. The minimum atomic E-state index is -1.11.